The highest BCUT2D eigenvalue weighted by molar-refractivity contribution is 7.99. The Labute approximate surface area is 167 Å². The van der Waals surface area contributed by atoms with E-state index in [1.165, 1.54) is 37.0 Å². The molecule has 148 valence electrons. The van der Waals surface area contributed by atoms with E-state index in [2.05, 4.69) is 36.4 Å². The molecule has 27 heavy (non-hydrogen) atoms. The standard InChI is InChI=1S/C23H32O3S/c24-23(25)13-7-2-1-6-12-19-20(22-15-14-21(19)26-22)17-27-16-8-11-18-9-4-3-5-10-18/h3-5,8-11,19-22H,1-2,6-7,12-17H2,(H,24,25)/t19-,20+,21-,22+/m0/s1. The summed E-state index contributed by atoms with van der Waals surface area (Å²) in [6, 6.07) is 10.5. The first-order valence-corrected chi connectivity index (χ1v) is 11.6. The quantitative estimate of drug-likeness (QED) is 0.470. The van der Waals surface area contributed by atoms with E-state index in [1.54, 1.807) is 0 Å². The van der Waals surface area contributed by atoms with Gasteiger partial charge in [0, 0.05) is 12.2 Å². The van der Waals surface area contributed by atoms with Crippen LogP contribution in [0.25, 0.3) is 6.08 Å². The molecule has 0 unspecified atom stereocenters. The van der Waals surface area contributed by atoms with Crippen LogP contribution < -0.4 is 0 Å². The van der Waals surface area contributed by atoms with Gasteiger partial charge >= 0.3 is 5.97 Å². The van der Waals surface area contributed by atoms with Gasteiger partial charge in [0.15, 0.2) is 0 Å². The number of rotatable bonds is 12. The van der Waals surface area contributed by atoms with Crippen LogP contribution in [-0.4, -0.2) is 34.8 Å². The molecule has 0 radical (unpaired) electrons. The van der Waals surface area contributed by atoms with Crippen molar-refractivity contribution in [2.45, 2.75) is 63.6 Å². The summed E-state index contributed by atoms with van der Waals surface area (Å²) in [5.41, 5.74) is 1.27. The first-order valence-electron chi connectivity index (χ1n) is 10.4. The van der Waals surface area contributed by atoms with Crippen molar-refractivity contribution in [1.82, 2.24) is 0 Å². The number of aliphatic carboxylic acids is 1. The molecule has 2 aliphatic heterocycles. The van der Waals surface area contributed by atoms with Gasteiger partial charge in [-0.3, -0.25) is 4.79 Å². The molecule has 2 heterocycles. The maximum Gasteiger partial charge on any atom is 0.303 e. The number of carboxylic acids is 1. The van der Waals surface area contributed by atoms with Crippen molar-refractivity contribution in [1.29, 1.82) is 0 Å². The Kier molecular flexibility index (Phi) is 8.28. The fourth-order valence-electron chi connectivity index (χ4n) is 4.53. The third-order valence-electron chi connectivity index (χ3n) is 5.90. The summed E-state index contributed by atoms with van der Waals surface area (Å²) in [6.07, 6.45) is 13.7. The fourth-order valence-corrected chi connectivity index (χ4v) is 5.63. The fraction of sp³-hybridized carbons (Fsp3) is 0.609. The molecule has 2 fully saturated rings. The maximum absolute atomic E-state index is 10.6. The summed E-state index contributed by atoms with van der Waals surface area (Å²) in [4.78, 5) is 10.6. The van der Waals surface area contributed by atoms with Crippen LogP contribution in [0, 0.1) is 11.8 Å². The average Bonchev–Trinajstić information content (AvgIpc) is 3.27. The number of ether oxygens (including phenoxy) is 1. The second kappa shape index (κ2) is 10.9. The first kappa shape index (κ1) is 20.5. The van der Waals surface area contributed by atoms with Crippen LogP contribution >= 0.6 is 11.8 Å². The molecule has 1 N–H and O–H groups in total. The molecule has 2 aliphatic rings. The van der Waals surface area contributed by atoms with E-state index in [4.69, 9.17) is 9.84 Å². The van der Waals surface area contributed by atoms with Crippen molar-refractivity contribution >= 4 is 23.8 Å². The molecular formula is C23H32O3S. The van der Waals surface area contributed by atoms with Gasteiger partial charge in [-0.1, -0.05) is 61.7 Å². The first-order chi connectivity index (χ1) is 13.2. The molecule has 4 heteroatoms. The second-order valence-electron chi connectivity index (χ2n) is 7.82. The lowest BCUT2D eigenvalue weighted by Gasteiger charge is -2.27. The average molecular weight is 389 g/mol. The van der Waals surface area contributed by atoms with Crippen LogP contribution in [0.5, 0.6) is 0 Å². The monoisotopic (exact) mass is 388 g/mol. The minimum Gasteiger partial charge on any atom is -0.481 e. The second-order valence-corrected chi connectivity index (χ2v) is 8.89. The van der Waals surface area contributed by atoms with Crippen LogP contribution in [-0.2, 0) is 9.53 Å². The molecule has 0 saturated carbocycles. The number of fused-ring (bicyclic) bond motifs is 2. The van der Waals surface area contributed by atoms with Crippen LogP contribution in [0.15, 0.2) is 36.4 Å². The molecule has 0 aliphatic carbocycles. The van der Waals surface area contributed by atoms with Gasteiger partial charge in [-0.15, -0.1) is 0 Å². The SMILES string of the molecule is O=C(O)CCCCCC[C@H]1[C@@H](CSCC=Cc2ccccc2)[C@H]2CC[C@@H]1O2. The molecule has 1 aromatic carbocycles. The predicted molar refractivity (Wildman–Crippen MR) is 113 cm³/mol. The topological polar surface area (TPSA) is 46.5 Å². The van der Waals surface area contributed by atoms with Crippen molar-refractivity contribution in [3.05, 3.63) is 42.0 Å². The minimum absolute atomic E-state index is 0.313. The van der Waals surface area contributed by atoms with Gasteiger partial charge in [0.2, 0.25) is 0 Å². The number of thioether (sulfide) groups is 1. The molecule has 2 bridgehead atoms. The van der Waals surface area contributed by atoms with Gasteiger partial charge in [-0.05, 0) is 48.8 Å². The highest BCUT2D eigenvalue weighted by atomic mass is 32.2. The summed E-state index contributed by atoms with van der Waals surface area (Å²) in [5.74, 6) is 3.01. The van der Waals surface area contributed by atoms with E-state index in [-0.39, 0.29) is 0 Å². The zero-order valence-corrected chi connectivity index (χ0v) is 16.9. The van der Waals surface area contributed by atoms with Crippen molar-refractivity contribution in [3.63, 3.8) is 0 Å². The van der Waals surface area contributed by atoms with Crippen molar-refractivity contribution < 1.29 is 14.6 Å². The van der Waals surface area contributed by atoms with Crippen LogP contribution in [0.2, 0.25) is 0 Å². The van der Waals surface area contributed by atoms with Gasteiger partial charge in [0.1, 0.15) is 0 Å². The van der Waals surface area contributed by atoms with Crippen molar-refractivity contribution in [2.75, 3.05) is 11.5 Å². The van der Waals surface area contributed by atoms with Crippen LogP contribution in [0.1, 0.15) is 56.9 Å². The van der Waals surface area contributed by atoms with Crippen molar-refractivity contribution in [2.24, 2.45) is 11.8 Å². The van der Waals surface area contributed by atoms with Gasteiger partial charge in [0.25, 0.3) is 0 Å². The number of carboxylic acid groups (broad SMARTS) is 1. The van der Waals surface area contributed by atoms with Crippen LogP contribution in [0.4, 0.5) is 0 Å². The zero-order chi connectivity index (χ0) is 18.9. The molecule has 3 rings (SSSR count). The Morgan fingerprint density at radius 2 is 1.81 bits per heavy atom. The summed E-state index contributed by atoms with van der Waals surface area (Å²) >= 11 is 2.03. The normalized spacial score (nSPS) is 26.8. The Bertz CT molecular complexity index is 601. The molecule has 2 saturated heterocycles. The molecule has 0 amide bonds. The summed E-state index contributed by atoms with van der Waals surface area (Å²) in [7, 11) is 0. The summed E-state index contributed by atoms with van der Waals surface area (Å²) in [5, 5.41) is 8.71. The maximum atomic E-state index is 10.6. The molecule has 4 atom stereocenters. The number of hydrogen-bond donors (Lipinski definition) is 1. The number of hydrogen-bond acceptors (Lipinski definition) is 3. The highest BCUT2D eigenvalue weighted by Gasteiger charge is 2.47. The van der Waals surface area contributed by atoms with E-state index < -0.39 is 5.97 Å². The Morgan fingerprint density at radius 1 is 1.07 bits per heavy atom. The van der Waals surface area contributed by atoms with Gasteiger partial charge in [-0.25, -0.2) is 0 Å². The molecule has 1 aromatic rings. The summed E-state index contributed by atoms with van der Waals surface area (Å²) in [6.45, 7) is 0. The van der Waals surface area contributed by atoms with Crippen LogP contribution in [0.3, 0.4) is 0 Å². The van der Waals surface area contributed by atoms with Gasteiger partial charge < -0.3 is 9.84 Å². The molecule has 0 aromatic heterocycles. The molecule has 3 nitrogen and oxygen atoms in total. The van der Waals surface area contributed by atoms with E-state index >= 15 is 0 Å². The van der Waals surface area contributed by atoms with E-state index in [0.29, 0.717) is 30.5 Å². The third-order valence-corrected chi connectivity index (χ3v) is 6.95. The third kappa shape index (κ3) is 6.39. The predicted octanol–water partition coefficient (Wildman–Crippen LogP) is 5.65. The van der Waals surface area contributed by atoms with E-state index in [9.17, 15) is 4.79 Å². The smallest absolute Gasteiger partial charge is 0.303 e. The Hall–Kier alpha value is -1.26. The molecular weight excluding hydrogens is 356 g/mol. The lowest BCUT2D eigenvalue weighted by atomic mass is 9.77. The lowest BCUT2D eigenvalue weighted by molar-refractivity contribution is -0.137. The van der Waals surface area contributed by atoms with Gasteiger partial charge in [0.05, 0.1) is 12.2 Å². The lowest BCUT2D eigenvalue weighted by Crippen LogP contribution is -2.29. The highest BCUT2D eigenvalue weighted by Crippen LogP contribution is 2.46. The van der Waals surface area contributed by atoms with Crippen molar-refractivity contribution in [3.8, 4) is 0 Å². The van der Waals surface area contributed by atoms with E-state index in [1.807, 2.05) is 17.8 Å². The largest absolute Gasteiger partial charge is 0.481 e. The Balaban J connectivity index is 1.35. The van der Waals surface area contributed by atoms with Gasteiger partial charge in [-0.2, -0.15) is 11.8 Å². The van der Waals surface area contributed by atoms with E-state index in [0.717, 1.165) is 25.0 Å². The zero-order valence-electron chi connectivity index (χ0n) is 16.1. The summed E-state index contributed by atoms with van der Waals surface area (Å²) < 4.78 is 6.22. The number of benzene rings is 1. The number of carbonyl (C=O) groups is 1. The molecule has 0 spiro atoms. The number of unbranched alkanes of at least 4 members (excludes halogenated alkanes) is 3. The minimum atomic E-state index is -0.671. The Morgan fingerprint density at radius 3 is 2.59 bits per heavy atom.